The third-order valence-electron chi connectivity index (χ3n) is 10.1. The number of unbranched alkanes of at least 4 members (excludes halogenated alkanes) is 18. The predicted molar refractivity (Wildman–Crippen MR) is 265 cm³/mol. The molecule has 0 aliphatic carbocycles. The first kappa shape index (κ1) is 58.1. The molecule has 0 bridgehead atoms. The fraction of sp³-hybridized carbons (Fsp3) is 0.625. The first-order valence-electron chi connectivity index (χ1n) is 25.0. The Kier molecular flexibility index (Phi) is 46.6. The Morgan fingerprint density at radius 1 is 0.355 bits per heavy atom. The zero-order chi connectivity index (χ0) is 45.1. The summed E-state index contributed by atoms with van der Waals surface area (Å²) in [6.45, 7) is 6.27. The van der Waals surface area contributed by atoms with E-state index < -0.39 is 6.10 Å². The summed E-state index contributed by atoms with van der Waals surface area (Å²) in [5.74, 6) is -1.01. The predicted octanol–water partition coefficient (Wildman–Crippen LogP) is 16.4. The average molecular weight is 859 g/mol. The maximum atomic E-state index is 12.7. The van der Waals surface area contributed by atoms with Gasteiger partial charge < -0.3 is 14.2 Å². The van der Waals surface area contributed by atoms with Gasteiger partial charge >= 0.3 is 17.9 Å². The summed E-state index contributed by atoms with van der Waals surface area (Å²) < 4.78 is 16.7. The molecule has 6 heteroatoms. The Balaban J connectivity index is 4.46. The van der Waals surface area contributed by atoms with Crippen LogP contribution < -0.4 is 0 Å². The lowest BCUT2D eigenvalue weighted by Crippen LogP contribution is -2.30. The first-order valence-corrected chi connectivity index (χ1v) is 25.0. The zero-order valence-electron chi connectivity index (χ0n) is 39.8. The molecule has 6 nitrogen and oxygen atoms in total. The van der Waals surface area contributed by atoms with Crippen molar-refractivity contribution in [3.8, 4) is 0 Å². The summed E-state index contributed by atoms with van der Waals surface area (Å²) in [7, 11) is 0. The molecule has 0 aromatic carbocycles. The van der Waals surface area contributed by atoms with Crippen molar-refractivity contribution in [1.29, 1.82) is 0 Å². The highest BCUT2D eigenvalue weighted by molar-refractivity contribution is 5.71. The van der Waals surface area contributed by atoms with Gasteiger partial charge in [-0.2, -0.15) is 0 Å². The van der Waals surface area contributed by atoms with Gasteiger partial charge in [0.25, 0.3) is 0 Å². The van der Waals surface area contributed by atoms with Crippen LogP contribution in [0.1, 0.15) is 207 Å². The van der Waals surface area contributed by atoms with E-state index in [0.717, 1.165) is 89.9 Å². The Morgan fingerprint density at radius 3 is 1.23 bits per heavy atom. The fourth-order valence-corrected chi connectivity index (χ4v) is 6.42. The van der Waals surface area contributed by atoms with Crippen LogP contribution in [0.3, 0.4) is 0 Å². The normalized spacial score (nSPS) is 13.0. The van der Waals surface area contributed by atoms with Gasteiger partial charge in [0.1, 0.15) is 13.2 Å². The molecule has 0 N–H and O–H groups in total. The standard InChI is InChI=1S/C56H90O6/c1-4-7-10-13-16-19-22-25-26-27-28-29-30-32-34-37-40-43-46-49-55(58)61-52-53(51-60-54(57)48-45-42-39-36-33-24-21-18-15-12-9-6-3)62-56(59)50-47-44-41-38-35-31-23-20-17-14-11-8-5-2/h7-8,10-11,14,16-21,23,25-26,31,35,38,41,53H,4-6,9,12-13,15,22,24,27-30,32-34,36-37,39-40,42-52H2,1-3H3/b10-7-,11-8-,17-14-,19-16-,21-18-,23-20-,26-25-,35-31-,41-38-. The molecule has 350 valence electrons. The highest BCUT2D eigenvalue weighted by Crippen LogP contribution is 2.13. The molecule has 0 aromatic heterocycles. The van der Waals surface area contributed by atoms with Crippen LogP contribution in [-0.2, 0) is 28.6 Å². The van der Waals surface area contributed by atoms with Crippen LogP contribution in [0, 0.1) is 0 Å². The van der Waals surface area contributed by atoms with Crippen molar-refractivity contribution in [3.63, 3.8) is 0 Å². The van der Waals surface area contributed by atoms with E-state index in [2.05, 4.69) is 75.5 Å². The van der Waals surface area contributed by atoms with Gasteiger partial charge in [-0.05, 0) is 89.9 Å². The van der Waals surface area contributed by atoms with Crippen LogP contribution in [0.15, 0.2) is 109 Å². The first-order chi connectivity index (χ1) is 30.5. The van der Waals surface area contributed by atoms with Crippen LogP contribution in [0.4, 0.5) is 0 Å². The molecule has 0 spiro atoms. The lowest BCUT2D eigenvalue weighted by atomic mass is 10.1. The third kappa shape index (κ3) is 47.1. The van der Waals surface area contributed by atoms with Gasteiger partial charge in [-0.3, -0.25) is 14.4 Å². The van der Waals surface area contributed by atoms with Crippen LogP contribution in [-0.4, -0.2) is 37.2 Å². The minimum atomic E-state index is -0.821. The van der Waals surface area contributed by atoms with E-state index in [0.29, 0.717) is 19.3 Å². The van der Waals surface area contributed by atoms with Crippen LogP contribution in [0.2, 0.25) is 0 Å². The lowest BCUT2D eigenvalue weighted by Gasteiger charge is -2.18. The number of hydrogen-bond donors (Lipinski definition) is 0. The molecule has 0 fully saturated rings. The maximum Gasteiger partial charge on any atom is 0.306 e. The van der Waals surface area contributed by atoms with Gasteiger partial charge in [0, 0.05) is 19.3 Å². The minimum Gasteiger partial charge on any atom is -0.462 e. The highest BCUT2D eigenvalue weighted by atomic mass is 16.6. The van der Waals surface area contributed by atoms with Crippen LogP contribution in [0.25, 0.3) is 0 Å². The minimum absolute atomic E-state index is 0.114. The lowest BCUT2D eigenvalue weighted by molar-refractivity contribution is -0.167. The Labute approximate surface area is 380 Å². The number of ether oxygens (including phenoxy) is 3. The molecule has 0 heterocycles. The van der Waals surface area contributed by atoms with Gasteiger partial charge in [-0.25, -0.2) is 0 Å². The zero-order valence-corrected chi connectivity index (χ0v) is 39.8. The summed E-state index contributed by atoms with van der Waals surface area (Å²) in [6, 6.07) is 0. The van der Waals surface area contributed by atoms with Crippen molar-refractivity contribution in [2.75, 3.05) is 13.2 Å². The SMILES string of the molecule is CC\C=C/C=C\C=C/C=C\C=C/CCCC(=O)OC(COC(=O)CCCCCCC/C=C\CCCCC)COC(=O)CCCCCCCCCCC/C=C\C/C=C\C/C=C\CC. The molecule has 0 radical (unpaired) electrons. The van der Waals surface area contributed by atoms with Crippen LogP contribution >= 0.6 is 0 Å². The fourth-order valence-electron chi connectivity index (χ4n) is 6.42. The number of carbonyl (C=O) groups excluding carboxylic acids is 3. The summed E-state index contributed by atoms with van der Waals surface area (Å²) in [6.07, 6.45) is 66.5. The Hall–Kier alpha value is -3.93. The van der Waals surface area contributed by atoms with E-state index in [4.69, 9.17) is 14.2 Å². The Morgan fingerprint density at radius 2 is 0.726 bits per heavy atom. The second kappa shape index (κ2) is 49.7. The quantitative estimate of drug-likeness (QED) is 0.0200. The summed E-state index contributed by atoms with van der Waals surface area (Å²) >= 11 is 0. The van der Waals surface area contributed by atoms with E-state index in [1.54, 1.807) is 0 Å². The summed E-state index contributed by atoms with van der Waals surface area (Å²) in [4.78, 5) is 37.9. The molecule has 0 saturated heterocycles. The number of allylic oxidation sites excluding steroid dienone is 18. The molecule has 0 aromatic rings. The molecular weight excluding hydrogens is 769 g/mol. The monoisotopic (exact) mass is 859 g/mol. The Bertz CT molecular complexity index is 1310. The molecule has 0 amide bonds. The average Bonchev–Trinajstić information content (AvgIpc) is 3.27. The molecule has 1 unspecified atom stereocenters. The van der Waals surface area contributed by atoms with Gasteiger partial charge in [0.05, 0.1) is 0 Å². The van der Waals surface area contributed by atoms with Crippen LogP contribution in [0.5, 0.6) is 0 Å². The second-order valence-electron chi connectivity index (χ2n) is 16.1. The van der Waals surface area contributed by atoms with E-state index >= 15 is 0 Å². The van der Waals surface area contributed by atoms with Crippen molar-refractivity contribution in [2.45, 2.75) is 213 Å². The molecule has 0 saturated carbocycles. The molecule has 62 heavy (non-hydrogen) atoms. The van der Waals surface area contributed by atoms with Crippen molar-refractivity contribution >= 4 is 17.9 Å². The van der Waals surface area contributed by atoms with Gasteiger partial charge in [-0.15, -0.1) is 0 Å². The molecular formula is C56H90O6. The second-order valence-corrected chi connectivity index (χ2v) is 16.1. The molecule has 0 rings (SSSR count). The summed E-state index contributed by atoms with van der Waals surface area (Å²) in [5.41, 5.74) is 0. The van der Waals surface area contributed by atoms with Gasteiger partial charge in [0.15, 0.2) is 6.10 Å². The highest BCUT2D eigenvalue weighted by Gasteiger charge is 2.19. The van der Waals surface area contributed by atoms with E-state index in [-0.39, 0.29) is 37.5 Å². The number of rotatable bonds is 43. The smallest absolute Gasteiger partial charge is 0.306 e. The number of hydrogen-bond acceptors (Lipinski definition) is 6. The largest absolute Gasteiger partial charge is 0.462 e. The number of carbonyl (C=O) groups is 3. The van der Waals surface area contributed by atoms with Crippen molar-refractivity contribution in [2.24, 2.45) is 0 Å². The summed E-state index contributed by atoms with van der Waals surface area (Å²) in [5, 5.41) is 0. The van der Waals surface area contributed by atoms with Crippen molar-refractivity contribution in [1.82, 2.24) is 0 Å². The van der Waals surface area contributed by atoms with Crippen molar-refractivity contribution in [3.05, 3.63) is 109 Å². The van der Waals surface area contributed by atoms with Crippen molar-refractivity contribution < 1.29 is 28.6 Å². The van der Waals surface area contributed by atoms with E-state index in [1.165, 1.54) is 70.6 Å². The van der Waals surface area contributed by atoms with Gasteiger partial charge in [0.2, 0.25) is 0 Å². The van der Waals surface area contributed by atoms with E-state index in [9.17, 15) is 14.4 Å². The maximum absolute atomic E-state index is 12.7. The van der Waals surface area contributed by atoms with Gasteiger partial charge in [-0.1, -0.05) is 207 Å². The topological polar surface area (TPSA) is 78.9 Å². The number of esters is 3. The molecule has 0 aliphatic heterocycles. The molecule has 0 aliphatic rings. The van der Waals surface area contributed by atoms with E-state index in [1.807, 2.05) is 54.7 Å². The molecule has 1 atom stereocenters. The third-order valence-corrected chi connectivity index (χ3v) is 10.1.